The average molecular weight is 456 g/mol. The van der Waals surface area contributed by atoms with Crippen LogP contribution in [0, 0.1) is 13.8 Å². The normalized spacial score (nSPS) is 14.3. The maximum atomic E-state index is 13.3. The molecule has 170 valence electrons. The van der Waals surface area contributed by atoms with Crippen molar-refractivity contribution in [2.24, 2.45) is 0 Å². The molecule has 33 heavy (non-hydrogen) atoms. The molecule has 0 saturated carbocycles. The van der Waals surface area contributed by atoms with Crippen LogP contribution in [-0.2, 0) is 16.1 Å². The highest BCUT2D eigenvalue weighted by molar-refractivity contribution is 6.36. The van der Waals surface area contributed by atoms with Crippen molar-refractivity contribution < 1.29 is 31.9 Å². The average Bonchev–Trinajstić information content (AvgIpc) is 3.32. The lowest BCUT2D eigenvalue weighted by atomic mass is 9.99. The predicted molar refractivity (Wildman–Crippen MR) is 114 cm³/mol. The molecule has 0 fully saturated rings. The van der Waals surface area contributed by atoms with E-state index in [1.54, 1.807) is 24.3 Å². The van der Waals surface area contributed by atoms with Crippen LogP contribution < -0.4 is 10.1 Å². The minimum atomic E-state index is -4.86. The van der Waals surface area contributed by atoms with Gasteiger partial charge in [-0.25, -0.2) is 0 Å². The van der Waals surface area contributed by atoms with Crippen molar-refractivity contribution in [2.45, 2.75) is 26.8 Å². The van der Waals surface area contributed by atoms with E-state index in [1.165, 1.54) is 18.4 Å². The van der Waals surface area contributed by atoms with E-state index in [-0.39, 0.29) is 23.5 Å². The molecule has 1 aliphatic rings. The summed E-state index contributed by atoms with van der Waals surface area (Å²) in [6, 6.07) is 13.7. The zero-order chi connectivity index (χ0) is 23.8. The molecule has 4 rings (SSSR count). The zero-order valence-corrected chi connectivity index (χ0v) is 17.7. The van der Waals surface area contributed by atoms with Gasteiger partial charge in [0.05, 0.1) is 18.4 Å². The van der Waals surface area contributed by atoms with Crippen molar-refractivity contribution in [1.82, 2.24) is 4.90 Å². The van der Waals surface area contributed by atoms with Crippen LogP contribution in [0.5, 0.6) is 5.75 Å². The molecule has 1 N–H and O–H groups in total. The Morgan fingerprint density at radius 2 is 1.76 bits per heavy atom. The highest BCUT2D eigenvalue weighted by Crippen LogP contribution is 2.33. The Kier molecular flexibility index (Phi) is 5.71. The van der Waals surface area contributed by atoms with Crippen molar-refractivity contribution in [3.63, 3.8) is 0 Å². The molecule has 1 aliphatic heterocycles. The summed E-state index contributed by atoms with van der Waals surface area (Å²) in [6.45, 7) is 3.72. The van der Waals surface area contributed by atoms with Crippen molar-refractivity contribution in [1.29, 1.82) is 0 Å². The molecule has 0 aliphatic carbocycles. The quantitative estimate of drug-likeness (QED) is 0.517. The highest BCUT2D eigenvalue weighted by Gasteiger charge is 2.40. The number of amides is 2. The molecule has 0 spiro atoms. The molecule has 2 heterocycles. The fourth-order valence-electron chi connectivity index (χ4n) is 3.47. The maximum absolute atomic E-state index is 13.3. The molecule has 1 aromatic heterocycles. The number of hydrogen-bond donors (Lipinski definition) is 1. The van der Waals surface area contributed by atoms with Crippen LogP contribution in [0.15, 0.2) is 71.0 Å². The summed E-state index contributed by atoms with van der Waals surface area (Å²) in [5.74, 6) is -1.19. The number of anilines is 1. The number of carbonyl (C=O) groups is 2. The van der Waals surface area contributed by atoms with Crippen LogP contribution in [0.2, 0.25) is 0 Å². The van der Waals surface area contributed by atoms with E-state index in [0.29, 0.717) is 11.3 Å². The van der Waals surface area contributed by atoms with Gasteiger partial charge in [0.25, 0.3) is 11.8 Å². The van der Waals surface area contributed by atoms with Crippen LogP contribution >= 0.6 is 0 Å². The van der Waals surface area contributed by atoms with Crippen LogP contribution in [-0.4, -0.2) is 23.1 Å². The molecule has 2 amide bonds. The van der Waals surface area contributed by atoms with Crippen molar-refractivity contribution in [3.05, 3.63) is 89.0 Å². The first kappa shape index (κ1) is 22.2. The lowest BCUT2D eigenvalue weighted by Gasteiger charge is -2.14. The van der Waals surface area contributed by atoms with Gasteiger partial charge in [0.2, 0.25) is 0 Å². The molecule has 9 heteroatoms. The van der Waals surface area contributed by atoms with Gasteiger partial charge in [-0.05, 0) is 54.8 Å². The Morgan fingerprint density at radius 3 is 2.42 bits per heavy atom. The van der Waals surface area contributed by atoms with Crippen molar-refractivity contribution in [2.75, 3.05) is 5.32 Å². The van der Waals surface area contributed by atoms with Gasteiger partial charge in [-0.3, -0.25) is 14.5 Å². The number of aryl methyl sites for hydroxylation is 2. The number of imide groups is 1. The molecule has 0 bridgehead atoms. The standard InChI is InChI=1S/C24H19F3N2O4/c1-14-8-9-16(11-15(14)2)20-21(23(31)29(22(20)30)13-19-7-4-10-32-19)28-17-5-3-6-18(12-17)33-24(25,26)27/h3-12,28H,13H2,1-2H3. The number of alkyl halides is 3. The summed E-state index contributed by atoms with van der Waals surface area (Å²) in [7, 11) is 0. The second-order valence-electron chi connectivity index (χ2n) is 7.53. The molecule has 0 unspecified atom stereocenters. The Bertz CT molecular complexity index is 1250. The fourth-order valence-corrected chi connectivity index (χ4v) is 3.47. The molecule has 2 aromatic carbocycles. The van der Waals surface area contributed by atoms with Crippen LogP contribution in [0.3, 0.4) is 0 Å². The van der Waals surface area contributed by atoms with Gasteiger partial charge in [-0.15, -0.1) is 13.2 Å². The number of rotatable bonds is 6. The van der Waals surface area contributed by atoms with Crippen LogP contribution in [0.4, 0.5) is 18.9 Å². The molecule has 0 radical (unpaired) electrons. The van der Waals surface area contributed by atoms with Gasteiger partial charge in [0, 0.05) is 11.8 Å². The Hall–Kier alpha value is -4.01. The van der Waals surface area contributed by atoms with Gasteiger partial charge in [0.15, 0.2) is 0 Å². The monoisotopic (exact) mass is 456 g/mol. The minimum absolute atomic E-state index is 0.0426. The topological polar surface area (TPSA) is 71.8 Å². The number of hydrogen-bond acceptors (Lipinski definition) is 5. The van der Waals surface area contributed by atoms with Crippen molar-refractivity contribution >= 4 is 23.1 Å². The van der Waals surface area contributed by atoms with E-state index >= 15 is 0 Å². The third-order valence-corrected chi connectivity index (χ3v) is 5.19. The second-order valence-corrected chi connectivity index (χ2v) is 7.53. The summed E-state index contributed by atoms with van der Waals surface area (Å²) >= 11 is 0. The summed E-state index contributed by atoms with van der Waals surface area (Å²) in [6.07, 6.45) is -3.43. The Balaban J connectivity index is 1.74. The number of ether oxygens (including phenoxy) is 1. The second kappa shape index (κ2) is 8.50. The van der Waals surface area contributed by atoms with E-state index in [1.807, 2.05) is 19.9 Å². The summed E-state index contributed by atoms with van der Waals surface area (Å²) in [4.78, 5) is 27.5. The number of benzene rings is 2. The SMILES string of the molecule is Cc1ccc(C2=C(Nc3cccc(OC(F)(F)F)c3)C(=O)N(Cc3ccco3)C2=O)cc1C. The van der Waals surface area contributed by atoms with Gasteiger partial charge >= 0.3 is 6.36 Å². The Labute approximate surface area is 187 Å². The molecule has 6 nitrogen and oxygen atoms in total. The van der Waals surface area contributed by atoms with Gasteiger partial charge in [0.1, 0.15) is 17.2 Å². The van der Waals surface area contributed by atoms with E-state index in [2.05, 4.69) is 10.1 Å². The van der Waals surface area contributed by atoms with E-state index in [9.17, 15) is 22.8 Å². The maximum Gasteiger partial charge on any atom is 0.573 e. The lowest BCUT2D eigenvalue weighted by Crippen LogP contribution is -2.31. The third kappa shape index (κ3) is 4.77. The summed E-state index contributed by atoms with van der Waals surface area (Å²) in [5, 5.41) is 2.83. The number of furan rings is 1. The smallest absolute Gasteiger partial charge is 0.467 e. The first-order chi connectivity index (χ1) is 15.6. The predicted octanol–water partition coefficient (Wildman–Crippen LogP) is 5.19. The lowest BCUT2D eigenvalue weighted by molar-refractivity contribution is -0.274. The fraction of sp³-hybridized carbons (Fsp3) is 0.167. The third-order valence-electron chi connectivity index (χ3n) is 5.19. The first-order valence-electron chi connectivity index (χ1n) is 9.96. The van der Waals surface area contributed by atoms with Crippen molar-refractivity contribution in [3.8, 4) is 5.75 Å². The van der Waals surface area contributed by atoms with E-state index in [0.717, 1.165) is 28.2 Å². The number of nitrogens with one attached hydrogen (secondary N) is 1. The van der Waals surface area contributed by atoms with Gasteiger partial charge < -0.3 is 14.5 Å². The highest BCUT2D eigenvalue weighted by atomic mass is 19.4. The molecule has 0 atom stereocenters. The zero-order valence-electron chi connectivity index (χ0n) is 17.7. The van der Waals surface area contributed by atoms with Gasteiger partial charge in [-0.2, -0.15) is 0 Å². The number of halogens is 3. The molecule has 3 aromatic rings. The number of nitrogens with zero attached hydrogens (tertiary/aromatic N) is 1. The summed E-state index contributed by atoms with van der Waals surface area (Å²) in [5.41, 5.74) is 2.69. The van der Waals surface area contributed by atoms with E-state index < -0.39 is 23.9 Å². The van der Waals surface area contributed by atoms with Crippen LogP contribution in [0.25, 0.3) is 5.57 Å². The minimum Gasteiger partial charge on any atom is -0.467 e. The number of carbonyl (C=O) groups excluding carboxylic acids is 2. The Morgan fingerprint density at radius 1 is 0.970 bits per heavy atom. The largest absolute Gasteiger partial charge is 0.573 e. The summed E-state index contributed by atoms with van der Waals surface area (Å²) < 4.78 is 47.1. The van der Waals surface area contributed by atoms with Crippen LogP contribution in [0.1, 0.15) is 22.5 Å². The van der Waals surface area contributed by atoms with Gasteiger partial charge in [-0.1, -0.05) is 24.3 Å². The molecular weight excluding hydrogens is 437 g/mol. The first-order valence-corrected chi connectivity index (χ1v) is 9.96. The molecular formula is C24H19F3N2O4. The van der Waals surface area contributed by atoms with E-state index in [4.69, 9.17) is 4.42 Å². The molecule has 0 saturated heterocycles.